The third kappa shape index (κ3) is 6.32. The van der Waals surface area contributed by atoms with Gasteiger partial charge in [-0.2, -0.15) is 0 Å². The third-order valence-electron chi connectivity index (χ3n) is 5.67. The summed E-state index contributed by atoms with van der Waals surface area (Å²) in [6.07, 6.45) is 1.72. The third-order valence-corrected chi connectivity index (χ3v) is 6.54. The average Bonchev–Trinajstić information content (AvgIpc) is 3.60. The Kier molecular flexibility index (Phi) is 8.23. The van der Waals surface area contributed by atoms with Crippen LogP contribution in [0.1, 0.15) is 34.1 Å². The molecule has 2 N–H and O–H groups in total. The number of hydrogen-bond donors (Lipinski definition) is 2. The Labute approximate surface area is 206 Å². The number of hydrogen-bond acceptors (Lipinski definition) is 5. The summed E-state index contributed by atoms with van der Waals surface area (Å²) in [5.41, 5.74) is 0.919. The van der Waals surface area contributed by atoms with Gasteiger partial charge >= 0.3 is 0 Å². The number of ether oxygens (including phenoxy) is 1. The summed E-state index contributed by atoms with van der Waals surface area (Å²) in [6, 6.07) is 16.6. The van der Waals surface area contributed by atoms with Crippen molar-refractivity contribution < 1.29 is 23.5 Å². The van der Waals surface area contributed by atoms with Gasteiger partial charge in [0, 0.05) is 18.8 Å². The largest absolute Gasteiger partial charge is 0.376 e. The highest BCUT2D eigenvalue weighted by Crippen LogP contribution is 2.28. The monoisotopic (exact) mass is 495 g/mol. The van der Waals surface area contributed by atoms with Crippen molar-refractivity contribution in [2.75, 3.05) is 24.6 Å². The van der Waals surface area contributed by atoms with Crippen LogP contribution in [-0.4, -0.2) is 43.5 Å². The summed E-state index contributed by atoms with van der Waals surface area (Å²) < 4.78 is 19.3. The molecule has 9 heteroatoms. The lowest BCUT2D eigenvalue weighted by atomic mass is 10.0. The van der Waals surface area contributed by atoms with Crippen LogP contribution in [0.4, 0.5) is 10.1 Å². The molecule has 2 heterocycles. The van der Waals surface area contributed by atoms with E-state index in [0.717, 1.165) is 12.8 Å². The summed E-state index contributed by atoms with van der Waals surface area (Å²) in [4.78, 5) is 41.2. The predicted molar refractivity (Wildman–Crippen MR) is 132 cm³/mol. The Hall–Kier alpha value is -3.56. The number of halogens is 1. The van der Waals surface area contributed by atoms with E-state index < -0.39 is 23.7 Å². The van der Waals surface area contributed by atoms with Crippen LogP contribution in [0.3, 0.4) is 0 Å². The van der Waals surface area contributed by atoms with Crippen LogP contribution in [-0.2, 0) is 14.3 Å². The molecule has 4 rings (SSSR count). The molecular weight excluding hydrogens is 469 g/mol. The van der Waals surface area contributed by atoms with Gasteiger partial charge in [-0.25, -0.2) is 4.39 Å². The molecule has 2 aromatic carbocycles. The summed E-state index contributed by atoms with van der Waals surface area (Å²) >= 11 is 1.26. The summed E-state index contributed by atoms with van der Waals surface area (Å²) in [5.74, 6) is -1.76. The molecular formula is C26H26FN3O4S. The topological polar surface area (TPSA) is 87.7 Å². The van der Waals surface area contributed by atoms with Gasteiger partial charge in [0.05, 0.1) is 17.5 Å². The minimum absolute atomic E-state index is 0.0737. The number of nitrogens with one attached hydrogen (secondary N) is 2. The van der Waals surface area contributed by atoms with Crippen LogP contribution in [0.2, 0.25) is 0 Å². The summed E-state index contributed by atoms with van der Waals surface area (Å²) in [7, 11) is 0. The molecule has 1 aliphatic rings. The molecule has 0 saturated carbocycles. The standard InChI is InChI=1S/C26H26FN3O4S/c27-19-10-12-20(13-11-19)30(23(31)17-29-25(32)22-9-5-15-35-22)24(18-6-2-1-3-7-18)26(33)28-16-21-8-4-14-34-21/h1-3,5-7,9-13,15,21,24H,4,8,14,16-17H2,(H,28,33)(H,29,32)/t21-,24+/m1/s1. The van der Waals surface area contributed by atoms with Crippen molar-refractivity contribution in [3.05, 3.63) is 88.4 Å². The van der Waals surface area contributed by atoms with Gasteiger partial charge in [-0.15, -0.1) is 11.3 Å². The lowest BCUT2D eigenvalue weighted by Crippen LogP contribution is -2.48. The lowest BCUT2D eigenvalue weighted by molar-refractivity contribution is -0.126. The van der Waals surface area contributed by atoms with Crippen molar-refractivity contribution in [1.82, 2.24) is 10.6 Å². The number of benzene rings is 2. The zero-order valence-corrected chi connectivity index (χ0v) is 19.8. The first kappa shape index (κ1) is 24.6. The molecule has 0 radical (unpaired) electrons. The number of thiophene rings is 1. The molecule has 1 fully saturated rings. The van der Waals surface area contributed by atoms with Gasteiger partial charge in [0.2, 0.25) is 11.8 Å². The quantitative estimate of drug-likeness (QED) is 0.474. The van der Waals surface area contributed by atoms with E-state index in [1.165, 1.54) is 40.5 Å². The molecule has 182 valence electrons. The van der Waals surface area contributed by atoms with E-state index in [-0.39, 0.29) is 18.6 Å². The lowest BCUT2D eigenvalue weighted by Gasteiger charge is -2.32. The smallest absolute Gasteiger partial charge is 0.261 e. The van der Waals surface area contributed by atoms with Crippen molar-refractivity contribution >= 4 is 34.7 Å². The van der Waals surface area contributed by atoms with E-state index in [0.29, 0.717) is 29.3 Å². The fraction of sp³-hybridized carbons (Fsp3) is 0.269. The van der Waals surface area contributed by atoms with Crippen LogP contribution in [0, 0.1) is 5.82 Å². The van der Waals surface area contributed by atoms with Gasteiger partial charge in [0.15, 0.2) is 0 Å². The molecule has 1 aliphatic heterocycles. The first-order valence-electron chi connectivity index (χ1n) is 11.4. The van der Waals surface area contributed by atoms with Crippen molar-refractivity contribution in [1.29, 1.82) is 0 Å². The zero-order chi connectivity index (χ0) is 24.6. The Balaban J connectivity index is 1.62. The molecule has 1 saturated heterocycles. The highest BCUT2D eigenvalue weighted by molar-refractivity contribution is 7.12. The highest BCUT2D eigenvalue weighted by Gasteiger charge is 2.33. The van der Waals surface area contributed by atoms with Crippen LogP contribution in [0.25, 0.3) is 0 Å². The van der Waals surface area contributed by atoms with E-state index in [1.807, 2.05) is 6.07 Å². The summed E-state index contributed by atoms with van der Waals surface area (Å²) in [5, 5.41) is 7.30. The molecule has 0 spiro atoms. The van der Waals surface area contributed by atoms with Gasteiger partial charge in [0.25, 0.3) is 5.91 Å². The molecule has 1 aromatic heterocycles. The van der Waals surface area contributed by atoms with E-state index in [1.54, 1.807) is 41.8 Å². The normalized spacial score (nSPS) is 15.9. The Morgan fingerprint density at radius 1 is 1.03 bits per heavy atom. The number of anilines is 1. The molecule has 7 nitrogen and oxygen atoms in total. The molecule has 0 unspecified atom stereocenters. The van der Waals surface area contributed by atoms with E-state index in [2.05, 4.69) is 10.6 Å². The van der Waals surface area contributed by atoms with E-state index in [4.69, 9.17) is 4.74 Å². The maximum atomic E-state index is 13.7. The van der Waals surface area contributed by atoms with E-state index >= 15 is 0 Å². The van der Waals surface area contributed by atoms with Crippen molar-refractivity contribution in [2.45, 2.75) is 25.0 Å². The van der Waals surface area contributed by atoms with Crippen LogP contribution >= 0.6 is 11.3 Å². The number of nitrogens with zero attached hydrogens (tertiary/aromatic N) is 1. The average molecular weight is 496 g/mol. The maximum Gasteiger partial charge on any atom is 0.261 e. The fourth-order valence-electron chi connectivity index (χ4n) is 3.94. The van der Waals surface area contributed by atoms with Crippen LogP contribution in [0.15, 0.2) is 72.1 Å². The number of rotatable bonds is 9. The SMILES string of the molecule is O=C(NCC(=O)N(c1ccc(F)cc1)[C@H](C(=O)NC[C@H]1CCCO1)c1ccccc1)c1cccs1. The Bertz CT molecular complexity index is 1130. The molecule has 0 bridgehead atoms. The van der Waals surface area contributed by atoms with Crippen LogP contribution < -0.4 is 15.5 Å². The predicted octanol–water partition coefficient (Wildman–Crippen LogP) is 3.69. The number of amides is 3. The fourth-order valence-corrected chi connectivity index (χ4v) is 4.58. The molecule has 3 amide bonds. The maximum absolute atomic E-state index is 13.7. The summed E-state index contributed by atoms with van der Waals surface area (Å²) in [6.45, 7) is 0.645. The van der Waals surface area contributed by atoms with Gasteiger partial charge in [0.1, 0.15) is 11.9 Å². The Morgan fingerprint density at radius 3 is 2.46 bits per heavy atom. The first-order chi connectivity index (χ1) is 17.0. The molecule has 3 aromatic rings. The first-order valence-corrected chi connectivity index (χ1v) is 12.2. The van der Waals surface area contributed by atoms with Crippen molar-refractivity contribution in [2.24, 2.45) is 0 Å². The molecule has 2 atom stereocenters. The Morgan fingerprint density at radius 2 is 1.80 bits per heavy atom. The van der Waals surface area contributed by atoms with Gasteiger partial charge in [-0.05, 0) is 54.1 Å². The second-order valence-electron chi connectivity index (χ2n) is 8.09. The molecule has 0 aliphatic carbocycles. The van der Waals surface area contributed by atoms with Crippen LogP contribution in [0.5, 0.6) is 0 Å². The second kappa shape index (κ2) is 11.7. The van der Waals surface area contributed by atoms with Gasteiger partial charge in [-0.3, -0.25) is 19.3 Å². The minimum Gasteiger partial charge on any atom is -0.376 e. The second-order valence-corrected chi connectivity index (χ2v) is 9.04. The molecule has 35 heavy (non-hydrogen) atoms. The van der Waals surface area contributed by atoms with E-state index in [9.17, 15) is 18.8 Å². The minimum atomic E-state index is -1.03. The van der Waals surface area contributed by atoms with Crippen molar-refractivity contribution in [3.8, 4) is 0 Å². The van der Waals surface area contributed by atoms with Gasteiger partial charge in [-0.1, -0.05) is 36.4 Å². The highest BCUT2D eigenvalue weighted by atomic mass is 32.1. The number of carbonyl (C=O) groups excluding carboxylic acids is 3. The number of carbonyl (C=O) groups is 3. The zero-order valence-electron chi connectivity index (χ0n) is 19.0. The van der Waals surface area contributed by atoms with Crippen molar-refractivity contribution in [3.63, 3.8) is 0 Å². The van der Waals surface area contributed by atoms with Gasteiger partial charge < -0.3 is 15.4 Å².